The van der Waals surface area contributed by atoms with E-state index in [0.717, 1.165) is 18.7 Å². The van der Waals surface area contributed by atoms with E-state index in [1.165, 1.54) is 25.7 Å². The largest absolute Gasteiger partial charge is 0.338 e. The molecule has 108 valence electrons. The first-order valence-electron chi connectivity index (χ1n) is 7.79. The van der Waals surface area contributed by atoms with Crippen molar-refractivity contribution in [3.63, 3.8) is 0 Å². The van der Waals surface area contributed by atoms with Crippen molar-refractivity contribution >= 4 is 5.91 Å². The predicted molar refractivity (Wildman–Crippen MR) is 75.6 cm³/mol. The van der Waals surface area contributed by atoms with Crippen molar-refractivity contribution < 1.29 is 4.79 Å². The summed E-state index contributed by atoms with van der Waals surface area (Å²) in [6.07, 6.45) is 8.81. The van der Waals surface area contributed by atoms with Crippen LogP contribution < -0.4 is 5.32 Å². The Hall–Kier alpha value is -1.36. The lowest BCUT2D eigenvalue weighted by atomic mass is 9.98. The Balaban J connectivity index is 1.46. The normalized spacial score (nSPS) is 32.4. The maximum absolute atomic E-state index is 12.6. The topological polar surface area (TPSA) is 61.0 Å². The molecule has 5 nitrogen and oxygen atoms in total. The molecule has 2 bridgehead atoms. The fourth-order valence-corrected chi connectivity index (χ4v) is 3.71. The van der Waals surface area contributed by atoms with Crippen LogP contribution in [0.3, 0.4) is 0 Å². The number of aromatic nitrogens is 2. The van der Waals surface area contributed by atoms with Crippen LogP contribution in [0.5, 0.6) is 0 Å². The number of imidazole rings is 1. The maximum Gasteiger partial charge on any atom is 0.271 e. The Bertz CT molecular complexity index is 510. The first-order valence-corrected chi connectivity index (χ1v) is 7.79. The molecule has 2 atom stereocenters. The summed E-state index contributed by atoms with van der Waals surface area (Å²) < 4.78 is 0. The van der Waals surface area contributed by atoms with Gasteiger partial charge < -0.3 is 15.2 Å². The Morgan fingerprint density at radius 1 is 1.25 bits per heavy atom. The number of nitrogens with one attached hydrogen (secondary N) is 2. The van der Waals surface area contributed by atoms with Gasteiger partial charge in [0.1, 0.15) is 11.5 Å². The zero-order valence-corrected chi connectivity index (χ0v) is 11.9. The molecule has 20 heavy (non-hydrogen) atoms. The lowest BCUT2D eigenvalue weighted by molar-refractivity contribution is 0.0676. The summed E-state index contributed by atoms with van der Waals surface area (Å²) in [7, 11) is 1.94. The summed E-state index contributed by atoms with van der Waals surface area (Å²) >= 11 is 0. The molecular weight excluding hydrogens is 252 g/mol. The van der Waals surface area contributed by atoms with E-state index in [-0.39, 0.29) is 5.91 Å². The number of carbonyl (C=O) groups is 1. The standard InChI is InChI=1S/C15H22N4O/c1-19(12-6-10-4-5-11(7-12)17-10)15(20)13-8-16-14(18-13)9-2-3-9/h8-12,17H,2-7H2,1H3,(H,16,18). The number of hydrogen-bond acceptors (Lipinski definition) is 3. The monoisotopic (exact) mass is 274 g/mol. The van der Waals surface area contributed by atoms with Gasteiger partial charge in [0, 0.05) is 31.1 Å². The summed E-state index contributed by atoms with van der Waals surface area (Å²) in [5, 5.41) is 3.62. The number of aromatic amines is 1. The summed E-state index contributed by atoms with van der Waals surface area (Å²) in [5.41, 5.74) is 0.653. The third-order valence-electron chi connectivity index (χ3n) is 5.11. The van der Waals surface area contributed by atoms with Crippen LogP contribution in [0.15, 0.2) is 6.20 Å². The van der Waals surface area contributed by atoms with Crippen LogP contribution in [0.2, 0.25) is 0 Å². The molecule has 2 unspecified atom stereocenters. The van der Waals surface area contributed by atoms with Gasteiger partial charge in [-0.1, -0.05) is 0 Å². The number of piperidine rings is 1. The van der Waals surface area contributed by atoms with E-state index in [1.807, 2.05) is 11.9 Å². The summed E-state index contributed by atoms with van der Waals surface area (Å²) in [4.78, 5) is 22.1. The minimum atomic E-state index is 0.0932. The Kier molecular flexibility index (Phi) is 2.84. The Labute approximate surface area is 119 Å². The van der Waals surface area contributed by atoms with Gasteiger partial charge >= 0.3 is 0 Å². The van der Waals surface area contributed by atoms with Crippen LogP contribution in [0.1, 0.15) is 60.8 Å². The number of hydrogen-bond donors (Lipinski definition) is 2. The quantitative estimate of drug-likeness (QED) is 0.881. The summed E-state index contributed by atoms with van der Waals surface area (Å²) in [6.45, 7) is 0. The molecule has 4 rings (SSSR count). The fourth-order valence-electron chi connectivity index (χ4n) is 3.71. The van der Waals surface area contributed by atoms with Gasteiger partial charge in [-0.2, -0.15) is 0 Å². The molecule has 0 radical (unpaired) electrons. The van der Waals surface area contributed by atoms with Gasteiger partial charge in [-0.3, -0.25) is 4.79 Å². The van der Waals surface area contributed by atoms with E-state index in [4.69, 9.17) is 0 Å². The highest BCUT2D eigenvalue weighted by atomic mass is 16.2. The molecule has 0 aromatic carbocycles. The lowest BCUT2D eigenvalue weighted by Gasteiger charge is -2.35. The summed E-state index contributed by atoms with van der Waals surface area (Å²) in [6, 6.07) is 1.59. The molecule has 2 saturated heterocycles. The third kappa shape index (κ3) is 2.14. The second-order valence-corrected chi connectivity index (χ2v) is 6.64. The molecule has 0 spiro atoms. The van der Waals surface area contributed by atoms with Crippen LogP contribution in [0.4, 0.5) is 0 Å². The number of nitrogens with zero attached hydrogens (tertiary/aromatic N) is 2. The average Bonchev–Trinajstić information content (AvgIpc) is 3.11. The molecule has 2 aliphatic heterocycles. The first kappa shape index (κ1) is 12.4. The predicted octanol–water partition coefficient (Wildman–Crippen LogP) is 1.64. The second-order valence-electron chi connectivity index (χ2n) is 6.64. The van der Waals surface area contributed by atoms with E-state index in [1.54, 1.807) is 6.20 Å². The number of fused-ring (bicyclic) bond motifs is 2. The molecule has 3 heterocycles. The molecule has 5 heteroatoms. The highest BCUT2D eigenvalue weighted by Gasteiger charge is 2.37. The van der Waals surface area contributed by atoms with Crippen molar-refractivity contribution in [1.82, 2.24) is 20.2 Å². The van der Waals surface area contributed by atoms with Gasteiger partial charge in [0.05, 0.1) is 6.20 Å². The molecular formula is C15H22N4O. The zero-order valence-electron chi connectivity index (χ0n) is 11.9. The van der Waals surface area contributed by atoms with Crippen molar-refractivity contribution in [1.29, 1.82) is 0 Å². The van der Waals surface area contributed by atoms with Crippen LogP contribution in [-0.2, 0) is 0 Å². The molecule has 3 aliphatic rings. The van der Waals surface area contributed by atoms with Gasteiger partial charge in [-0.25, -0.2) is 4.98 Å². The number of amides is 1. The van der Waals surface area contributed by atoms with Crippen molar-refractivity contribution in [3.8, 4) is 0 Å². The number of rotatable bonds is 3. The van der Waals surface area contributed by atoms with Gasteiger partial charge in [0.2, 0.25) is 0 Å². The maximum atomic E-state index is 12.6. The highest BCUT2D eigenvalue weighted by molar-refractivity contribution is 5.92. The fraction of sp³-hybridized carbons (Fsp3) is 0.733. The van der Waals surface area contributed by atoms with Crippen LogP contribution in [-0.4, -0.2) is 45.9 Å². The van der Waals surface area contributed by atoms with Gasteiger partial charge in [0.15, 0.2) is 0 Å². The SMILES string of the molecule is CN(C(=O)c1cnc(C2CC2)[nH]1)C1CC2CCC(C1)N2. The van der Waals surface area contributed by atoms with Crippen molar-refractivity contribution in [3.05, 3.63) is 17.7 Å². The zero-order chi connectivity index (χ0) is 13.7. The van der Waals surface area contributed by atoms with Gasteiger partial charge in [-0.15, -0.1) is 0 Å². The first-order chi connectivity index (χ1) is 9.70. The second kappa shape index (κ2) is 4.58. The average molecular weight is 274 g/mol. The van der Waals surface area contributed by atoms with Crippen molar-refractivity contribution in [2.75, 3.05) is 7.05 Å². The van der Waals surface area contributed by atoms with Crippen LogP contribution in [0, 0.1) is 0 Å². The number of H-pyrrole nitrogens is 1. The Morgan fingerprint density at radius 3 is 2.60 bits per heavy atom. The van der Waals surface area contributed by atoms with Crippen molar-refractivity contribution in [2.45, 2.75) is 62.6 Å². The third-order valence-corrected chi connectivity index (χ3v) is 5.11. The highest BCUT2D eigenvalue weighted by Crippen LogP contribution is 2.38. The lowest BCUT2D eigenvalue weighted by Crippen LogP contribution is -2.48. The van der Waals surface area contributed by atoms with E-state index >= 15 is 0 Å². The molecule has 2 N–H and O–H groups in total. The van der Waals surface area contributed by atoms with Gasteiger partial charge in [-0.05, 0) is 38.5 Å². The summed E-state index contributed by atoms with van der Waals surface area (Å²) in [5.74, 6) is 1.65. The molecule has 1 amide bonds. The molecule has 1 aromatic rings. The molecule has 1 saturated carbocycles. The minimum Gasteiger partial charge on any atom is -0.338 e. The molecule has 3 fully saturated rings. The smallest absolute Gasteiger partial charge is 0.271 e. The number of carbonyl (C=O) groups excluding carboxylic acids is 1. The van der Waals surface area contributed by atoms with E-state index in [2.05, 4.69) is 15.3 Å². The van der Waals surface area contributed by atoms with Gasteiger partial charge in [0.25, 0.3) is 5.91 Å². The Morgan fingerprint density at radius 2 is 1.95 bits per heavy atom. The minimum absolute atomic E-state index is 0.0932. The molecule has 1 aromatic heterocycles. The van der Waals surface area contributed by atoms with E-state index in [0.29, 0.717) is 29.7 Å². The molecule has 1 aliphatic carbocycles. The van der Waals surface area contributed by atoms with E-state index < -0.39 is 0 Å². The van der Waals surface area contributed by atoms with E-state index in [9.17, 15) is 4.79 Å². The van der Waals surface area contributed by atoms with Crippen molar-refractivity contribution in [2.24, 2.45) is 0 Å². The van der Waals surface area contributed by atoms with Crippen LogP contribution >= 0.6 is 0 Å². The van der Waals surface area contributed by atoms with Crippen LogP contribution in [0.25, 0.3) is 0 Å².